The molecule has 6 nitrogen and oxygen atoms in total. The molecule has 0 radical (unpaired) electrons. The van der Waals surface area contributed by atoms with E-state index in [9.17, 15) is 19.2 Å². The lowest BCUT2D eigenvalue weighted by molar-refractivity contribution is 0.0910. The first-order valence-electron chi connectivity index (χ1n) is 9.28. The van der Waals surface area contributed by atoms with Crippen molar-refractivity contribution in [2.24, 2.45) is 0 Å². The number of hydrogen-bond acceptors (Lipinski definition) is 4. The van der Waals surface area contributed by atoms with Crippen molar-refractivity contribution in [2.45, 2.75) is 0 Å². The van der Waals surface area contributed by atoms with Crippen LogP contribution >= 0.6 is 23.2 Å². The zero-order valence-electron chi connectivity index (χ0n) is 15.8. The third kappa shape index (κ3) is 3.03. The molecule has 0 aromatic heterocycles. The summed E-state index contributed by atoms with van der Waals surface area (Å²) in [6, 6.07) is 15.5. The van der Waals surface area contributed by atoms with Gasteiger partial charge in [-0.1, -0.05) is 29.3 Å². The van der Waals surface area contributed by atoms with Crippen LogP contribution < -0.4 is 9.80 Å². The molecule has 0 saturated carbocycles. The normalized spacial score (nSPS) is 15.4. The lowest BCUT2D eigenvalue weighted by atomic mass is 9.97. The number of halogens is 2. The van der Waals surface area contributed by atoms with Crippen LogP contribution in [0.3, 0.4) is 0 Å². The van der Waals surface area contributed by atoms with Crippen LogP contribution in [0.15, 0.2) is 60.7 Å². The maximum atomic E-state index is 13.0. The fraction of sp³-hybridized carbons (Fsp3) is 0.0435. The summed E-state index contributed by atoms with van der Waals surface area (Å²) in [4.78, 5) is 53.7. The minimum absolute atomic E-state index is 0.158. The van der Waals surface area contributed by atoms with Crippen LogP contribution in [0.2, 0.25) is 10.0 Å². The first-order chi connectivity index (χ1) is 14.8. The summed E-state index contributed by atoms with van der Waals surface area (Å²) in [5.74, 6) is -1.60. The van der Waals surface area contributed by atoms with Gasteiger partial charge in [-0.15, -0.1) is 0 Å². The molecule has 5 rings (SSSR count). The van der Waals surface area contributed by atoms with Crippen molar-refractivity contribution in [3.63, 3.8) is 0 Å². The van der Waals surface area contributed by atoms with Crippen LogP contribution in [0.4, 0.5) is 11.4 Å². The molecular weight excluding hydrogens is 439 g/mol. The fourth-order valence-corrected chi connectivity index (χ4v) is 4.18. The number of nitrogens with zero attached hydrogens (tertiary/aromatic N) is 2. The van der Waals surface area contributed by atoms with Gasteiger partial charge in [-0.2, -0.15) is 0 Å². The second-order valence-corrected chi connectivity index (χ2v) is 8.03. The van der Waals surface area contributed by atoms with Gasteiger partial charge in [0, 0.05) is 21.3 Å². The lowest BCUT2D eigenvalue weighted by Gasteiger charge is -2.28. The molecule has 0 spiro atoms. The first-order valence-corrected chi connectivity index (χ1v) is 10.0. The number of ketones is 1. The van der Waals surface area contributed by atoms with Gasteiger partial charge >= 0.3 is 0 Å². The second-order valence-electron chi connectivity index (χ2n) is 7.16. The zero-order valence-corrected chi connectivity index (χ0v) is 17.3. The largest absolute Gasteiger partial charge is 0.300 e. The van der Waals surface area contributed by atoms with E-state index in [2.05, 4.69) is 0 Å². The lowest BCUT2D eigenvalue weighted by Crippen LogP contribution is -2.41. The minimum Gasteiger partial charge on any atom is -0.300 e. The monoisotopic (exact) mass is 450 g/mol. The molecule has 0 aliphatic carbocycles. The van der Waals surface area contributed by atoms with Crippen molar-refractivity contribution in [1.29, 1.82) is 0 Å². The van der Waals surface area contributed by atoms with E-state index in [0.29, 0.717) is 21.3 Å². The van der Waals surface area contributed by atoms with Crippen molar-refractivity contribution in [3.8, 4) is 0 Å². The third-order valence-corrected chi connectivity index (χ3v) is 5.78. The molecule has 2 aliphatic rings. The summed E-state index contributed by atoms with van der Waals surface area (Å²) in [6.07, 6.45) is 0. The van der Waals surface area contributed by atoms with Gasteiger partial charge in [-0.05, 0) is 54.6 Å². The number of imide groups is 1. The summed E-state index contributed by atoms with van der Waals surface area (Å²) in [5, 5.41) is 0.699. The topological polar surface area (TPSA) is 74.8 Å². The van der Waals surface area contributed by atoms with Gasteiger partial charge in [0.2, 0.25) is 0 Å². The van der Waals surface area contributed by atoms with E-state index in [1.165, 1.54) is 35.2 Å². The Balaban J connectivity index is 1.54. The van der Waals surface area contributed by atoms with Gasteiger partial charge in [0.15, 0.2) is 5.78 Å². The number of Topliss-reactive ketones (excluding diaryl/α,β-unsaturated/α-hetero) is 1. The van der Waals surface area contributed by atoms with Gasteiger partial charge in [-0.3, -0.25) is 19.2 Å². The van der Waals surface area contributed by atoms with Crippen LogP contribution in [0.1, 0.15) is 41.4 Å². The Hall–Kier alpha value is -3.48. The Morgan fingerprint density at radius 2 is 1.19 bits per heavy atom. The smallest absolute Gasteiger partial charge is 0.266 e. The van der Waals surface area contributed by atoms with E-state index in [4.69, 9.17) is 23.2 Å². The highest BCUT2D eigenvalue weighted by Crippen LogP contribution is 2.33. The van der Waals surface area contributed by atoms with Crippen molar-refractivity contribution in [3.05, 3.63) is 93.0 Å². The van der Waals surface area contributed by atoms with Gasteiger partial charge in [0.05, 0.1) is 28.9 Å². The number of carbonyl (C=O) groups excluding carboxylic acids is 4. The maximum absolute atomic E-state index is 13.0. The van der Waals surface area contributed by atoms with Gasteiger partial charge in [0.1, 0.15) is 0 Å². The molecule has 2 heterocycles. The molecule has 31 heavy (non-hydrogen) atoms. The number of rotatable bonds is 2. The number of anilines is 2. The molecule has 0 bridgehead atoms. The summed E-state index contributed by atoms with van der Waals surface area (Å²) >= 11 is 12.0. The SMILES string of the molecule is O=C1CN(c2cccc(N3C(=O)c4ccc(Cl)cc4C3=O)c2)C(=O)c2cc(Cl)ccc21. The fourth-order valence-electron chi connectivity index (χ4n) is 3.84. The van der Waals surface area contributed by atoms with E-state index >= 15 is 0 Å². The molecule has 0 fully saturated rings. The van der Waals surface area contributed by atoms with Gasteiger partial charge < -0.3 is 4.90 Å². The number of carbonyl (C=O) groups is 4. The second kappa shape index (κ2) is 7.04. The molecule has 0 N–H and O–H groups in total. The molecule has 0 atom stereocenters. The first kappa shape index (κ1) is 19.5. The maximum Gasteiger partial charge on any atom is 0.266 e. The molecule has 0 saturated heterocycles. The number of fused-ring (bicyclic) bond motifs is 2. The zero-order chi connectivity index (χ0) is 21.9. The molecule has 8 heteroatoms. The summed E-state index contributed by atoms with van der Waals surface area (Å²) in [5.41, 5.74) is 1.68. The quantitative estimate of drug-likeness (QED) is 0.533. The Kier molecular flexibility index (Phi) is 4.43. The highest BCUT2D eigenvalue weighted by molar-refractivity contribution is 6.37. The molecular formula is C23H12Cl2N2O4. The van der Waals surface area contributed by atoms with Crippen molar-refractivity contribution in [1.82, 2.24) is 0 Å². The predicted octanol–water partition coefficient (Wildman–Crippen LogP) is 4.64. The molecule has 3 aromatic carbocycles. The summed E-state index contributed by atoms with van der Waals surface area (Å²) in [6.45, 7) is -0.158. The average molecular weight is 451 g/mol. The van der Waals surface area contributed by atoms with Crippen molar-refractivity contribution < 1.29 is 19.2 Å². The Bertz CT molecular complexity index is 1330. The van der Waals surface area contributed by atoms with Gasteiger partial charge in [0.25, 0.3) is 17.7 Å². The Labute approximate surface area is 186 Å². The predicted molar refractivity (Wildman–Crippen MR) is 116 cm³/mol. The van der Waals surface area contributed by atoms with E-state index < -0.39 is 11.8 Å². The van der Waals surface area contributed by atoms with Gasteiger partial charge in [-0.25, -0.2) is 4.90 Å². The number of benzene rings is 3. The van der Waals surface area contributed by atoms with Crippen LogP contribution in [-0.2, 0) is 0 Å². The molecule has 3 amide bonds. The van der Waals surface area contributed by atoms with Crippen LogP contribution in [0.25, 0.3) is 0 Å². The molecule has 0 unspecified atom stereocenters. The Morgan fingerprint density at radius 1 is 0.613 bits per heavy atom. The minimum atomic E-state index is -0.502. The van der Waals surface area contributed by atoms with E-state index in [1.807, 2.05) is 0 Å². The van der Waals surface area contributed by atoms with Crippen molar-refractivity contribution in [2.75, 3.05) is 16.3 Å². The Morgan fingerprint density at radius 3 is 1.90 bits per heavy atom. The van der Waals surface area contributed by atoms with Crippen LogP contribution in [0.5, 0.6) is 0 Å². The molecule has 3 aromatic rings. The highest BCUT2D eigenvalue weighted by Gasteiger charge is 2.37. The summed E-state index contributed by atoms with van der Waals surface area (Å²) in [7, 11) is 0. The van der Waals surface area contributed by atoms with E-state index in [-0.39, 0.29) is 40.6 Å². The third-order valence-electron chi connectivity index (χ3n) is 5.31. The number of amides is 3. The highest BCUT2D eigenvalue weighted by atomic mass is 35.5. The van der Waals surface area contributed by atoms with E-state index in [1.54, 1.807) is 30.3 Å². The van der Waals surface area contributed by atoms with E-state index in [0.717, 1.165) is 4.90 Å². The molecule has 152 valence electrons. The van der Waals surface area contributed by atoms with Crippen LogP contribution in [0, 0.1) is 0 Å². The van der Waals surface area contributed by atoms with Crippen LogP contribution in [-0.4, -0.2) is 30.0 Å². The summed E-state index contributed by atoms with van der Waals surface area (Å²) < 4.78 is 0. The molecule has 2 aliphatic heterocycles. The average Bonchev–Trinajstić information content (AvgIpc) is 3.00. The number of hydrogen-bond donors (Lipinski definition) is 0. The van der Waals surface area contributed by atoms with Crippen molar-refractivity contribution >= 4 is 58.1 Å². The standard InChI is InChI=1S/C23H12Cl2N2O4/c24-12-4-6-16-18(8-12)21(29)26(11-20(16)28)14-2-1-3-15(10-14)27-22(30)17-7-5-13(25)9-19(17)23(27)31/h1-10H,11H2.